The number of nitrogens with zero attached hydrogens (tertiary/aromatic N) is 4. The molecule has 11 nitrogen and oxygen atoms in total. The third-order valence-electron chi connectivity index (χ3n) is 3.60. The lowest BCUT2D eigenvalue weighted by Gasteiger charge is -2.18. The van der Waals surface area contributed by atoms with Gasteiger partial charge in [0.15, 0.2) is 11.5 Å². The molecule has 2 N–H and O–H groups in total. The fourth-order valence-corrected chi connectivity index (χ4v) is 2.24. The SMILES string of the molecule is COc1cc(C(C)OC(=O)C(N)CCCN=[N+]=[N-])c([N+](=O)[O-])cc1OC. The number of hydrogen-bond donors (Lipinski definition) is 1. The molecular weight excluding hydrogens is 346 g/mol. The summed E-state index contributed by atoms with van der Waals surface area (Å²) >= 11 is 0. The molecule has 0 aliphatic carbocycles. The molecule has 1 rings (SSSR count). The number of methoxy groups -OCH3 is 2. The first-order valence-corrected chi connectivity index (χ1v) is 7.72. The van der Waals surface area contributed by atoms with Crippen LogP contribution in [0.5, 0.6) is 11.5 Å². The van der Waals surface area contributed by atoms with Gasteiger partial charge in [-0.3, -0.25) is 14.9 Å². The molecule has 0 bridgehead atoms. The number of carbonyl (C=O) groups excluding carboxylic acids is 1. The highest BCUT2D eigenvalue weighted by molar-refractivity contribution is 5.76. The minimum Gasteiger partial charge on any atom is -0.493 e. The van der Waals surface area contributed by atoms with Crippen molar-refractivity contribution < 1.29 is 23.9 Å². The zero-order chi connectivity index (χ0) is 19.7. The van der Waals surface area contributed by atoms with E-state index >= 15 is 0 Å². The quantitative estimate of drug-likeness (QED) is 0.126. The Morgan fingerprint density at radius 1 is 1.38 bits per heavy atom. The number of esters is 1. The van der Waals surface area contributed by atoms with E-state index in [1.807, 2.05) is 0 Å². The normalized spacial score (nSPS) is 12.5. The summed E-state index contributed by atoms with van der Waals surface area (Å²) in [5.41, 5.74) is 13.8. The average molecular weight is 367 g/mol. The lowest BCUT2D eigenvalue weighted by molar-refractivity contribution is -0.386. The second-order valence-corrected chi connectivity index (χ2v) is 5.31. The van der Waals surface area contributed by atoms with Crippen LogP contribution < -0.4 is 15.2 Å². The van der Waals surface area contributed by atoms with Gasteiger partial charge in [0.2, 0.25) is 0 Å². The Balaban J connectivity index is 2.94. The summed E-state index contributed by atoms with van der Waals surface area (Å²) in [4.78, 5) is 25.4. The van der Waals surface area contributed by atoms with Crippen LogP contribution in [-0.4, -0.2) is 37.7 Å². The van der Waals surface area contributed by atoms with Gasteiger partial charge in [-0.25, -0.2) is 0 Å². The molecule has 11 heteroatoms. The molecule has 0 saturated heterocycles. The standard InChI is InChI=1S/C15H21N5O6/c1-9(26-15(21)11(16)5-4-6-18-19-17)10-7-13(24-2)14(25-3)8-12(10)20(22)23/h7-9,11H,4-6,16H2,1-3H3. The van der Waals surface area contributed by atoms with E-state index in [9.17, 15) is 14.9 Å². The van der Waals surface area contributed by atoms with E-state index in [0.717, 1.165) is 0 Å². The highest BCUT2D eigenvalue weighted by Gasteiger charge is 2.27. The van der Waals surface area contributed by atoms with Gasteiger partial charge in [0, 0.05) is 11.5 Å². The number of ether oxygens (including phenoxy) is 3. The van der Waals surface area contributed by atoms with Crippen molar-refractivity contribution in [3.63, 3.8) is 0 Å². The van der Waals surface area contributed by atoms with Crippen LogP contribution in [-0.2, 0) is 9.53 Å². The molecule has 1 aromatic rings. The maximum atomic E-state index is 12.1. The molecular formula is C15H21N5O6. The predicted octanol–water partition coefficient (Wildman–Crippen LogP) is 2.63. The Hall–Kier alpha value is -3.04. The summed E-state index contributed by atoms with van der Waals surface area (Å²) < 4.78 is 15.4. The van der Waals surface area contributed by atoms with Crippen molar-refractivity contribution in [2.75, 3.05) is 20.8 Å². The van der Waals surface area contributed by atoms with Crippen molar-refractivity contribution in [1.82, 2.24) is 0 Å². The Labute approximate surface area is 149 Å². The third-order valence-corrected chi connectivity index (χ3v) is 3.60. The van der Waals surface area contributed by atoms with Crippen LogP contribution >= 0.6 is 0 Å². The third kappa shape index (κ3) is 5.50. The molecule has 0 heterocycles. The summed E-state index contributed by atoms with van der Waals surface area (Å²) in [5, 5.41) is 14.7. The predicted molar refractivity (Wildman–Crippen MR) is 91.9 cm³/mol. The van der Waals surface area contributed by atoms with Crippen LogP contribution in [0.15, 0.2) is 17.2 Å². The summed E-state index contributed by atoms with van der Waals surface area (Å²) in [5.74, 6) is -0.242. The number of nitrogens with two attached hydrogens (primary N) is 1. The molecule has 0 spiro atoms. The van der Waals surface area contributed by atoms with Crippen LogP contribution in [0.4, 0.5) is 5.69 Å². The zero-order valence-corrected chi connectivity index (χ0v) is 14.7. The Morgan fingerprint density at radius 2 is 2.00 bits per heavy atom. The molecule has 0 aromatic heterocycles. The van der Waals surface area contributed by atoms with E-state index in [-0.39, 0.29) is 35.7 Å². The maximum Gasteiger partial charge on any atom is 0.323 e. The second kappa shape index (κ2) is 10.1. The van der Waals surface area contributed by atoms with Gasteiger partial charge in [0.05, 0.1) is 30.8 Å². The molecule has 2 atom stereocenters. The van der Waals surface area contributed by atoms with Crippen LogP contribution in [0.1, 0.15) is 31.4 Å². The monoisotopic (exact) mass is 367 g/mol. The number of nitro benzene ring substituents is 1. The van der Waals surface area contributed by atoms with Crippen molar-refractivity contribution in [2.45, 2.75) is 31.9 Å². The fourth-order valence-electron chi connectivity index (χ4n) is 2.24. The lowest BCUT2D eigenvalue weighted by atomic mass is 10.1. The van der Waals surface area contributed by atoms with Crippen molar-refractivity contribution in [1.29, 1.82) is 0 Å². The summed E-state index contributed by atoms with van der Waals surface area (Å²) in [7, 11) is 2.75. The summed E-state index contributed by atoms with van der Waals surface area (Å²) in [6.45, 7) is 1.72. The topological polar surface area (TPSA) is 163 Å². The molecule has 0 saturated carbocycles. The first-order valence-electron chi connectivity index (χ1n) is 7.72. The van der Waals surface area contributed by atoms with Crippen LogP contribution in [0, 0.1) is 10.1 Å². The molecule has 0 aliphatic heterocycles. The fraction of sp³-hybridized carbons (Fsp3) is 0.533. The van der Waals surface area contributed by atoms with Crippen LogP contribution in [0.3, 0.4) is 0 Å². The summed E-state index contributed by atoms with van der Waals surface area (Å²) in [6, 6.07) is 1.67. The number of azide groups is 1. The van der Waals surface area contributed by atoms with E-state index in [2.05, 4.69) is 10.0 Å². The van der Waals surface area contributed by atoms with Crippen molar-refractivity contribution in [3.8, 4) is 11.5 Å². The second-order valence-electron chi connectivity index (χ2n) is 5.31. The maximum absolute atomic E-state index is 12.1. The van der Waals surface area contributed by atoms with Crippen LogP contribution in [0.2, 0.25) is 0 Å². The number of hydrogen-bond acceptors (Lipinski definition) is 8. The van der Waals surface area contributed by atoms with Gasteiger partial charge in [-0.2, -0.15) is 0 Å². The minimum atomic E-state index is -0.925. The first kappa shape index (κ1) is 21.0. The largest absolute Gasteiger partial charge is 0.493 e. The first-order chi connectivity index (χ1) is 12.3. The number of rotatable bonds is 10. The lowest BCUT2D eigenvalue weighted by Crippen LogP contribution is -2.33. The molecule has 0 fully saturated rings. The van der Waals surface area contributed by atoms with Crippen molar-refractivity contribution >= 4 is 11.7 Å². The molecule has 142 valence electrons. The Kier molecular flexibility index (Phi) is 8.13. The Bertz CT molecular complexity index is 704. The van der Waals surface area contributed by atoms with Crippen LogP contribution in [0.25, 0.3) is 10.4 Å². The smallest absolute Gasteiger partial charge is 0.323 e. The van der Waals surface area contributed by atoms with Gasteiger partial charge in [-0.1, -0.05) is 5.11 Å². The highest BCUT2D eigenvalue weighted by Crippen LogP contribution is 2.38. The van der Waals surface area contributed by atoms with Gasteiger partial charge >= 0.3 is 5.97 Å². The average Bonchev–Trinajstić information content (AvgIpc) is 2.63. The van der Waals surface area contributed by atoms with Gasteiger partial charge < -0.3 is 19.9 Å². The van der Waals surface area contributed by atoms with E-state index in [0.29, 0.717) is 6.42 Å². The zero-order valence-electron chi connectivity index (χ0n) is 14.7. The van der Waals surface area contributed by atoms with Crippen molar-refractivity contribution in [2.24, 2.45) is 10.8 Å². The van der Waals surface area contributed by atoms with Gasteiger partial charge in [0.1, 0.15) is 12.1 Å². The van der Waals surface area contributed by atoms with Gasteiger partial charge in [-0.05, 0) is 31.4 Å². The number of carbonyl (C=O) groups is 1. The van der Waals surface area contributed by atoms with Crippen molar-refractivity contribution in [3.05, 3.63) is 38.3 Å². The summed E-state index contributed by atoms with van der Waals surface area (Å²) in [6.07, 6.45) is -0.241. The van der Waals surface area contributed by atoms with Gasteiger partial charge in [-0.15, -0.1) is 0 Å². The van der Waals surface area contributed by atoms with E-state index in [4.69, 9.17) is 25.5 Å². The molecule has 2 unspecified atom stereocenters. The van der Waals surface area contributed by atoms with E-state index in [1.54, 1.807) is 0 Å². The van der Waals surface area contributed by atoms with Gasteiger partial charge in [0.25, 0.3) is 5.69 Å². The molecule has 26 heavy (non-hydrogen) atoms. The Morgan fingerprint density at radius 3 is 2.54 bits per heavy atom. The highest BCUT2D eigenvalue weighted by atomic mass is 16.6. The molecule has 0 radical (unpaired) electrons. The number of nitro groups is 1. The molecule has 0 amide bonds. The minimum absolute atomic E-state index is 0.155. The van der Waals surface area contributed by atoms with E-state index in [1.165, 1.54) is 33.3 Å². The molecule has 0 aliphatic rings. The molecule has 1 aromatic carbocycles. The number of benzene rings is 1. The van der Waals surface area contributed by atoms with E-state index < -0.39 is 23.0 Å².